The van der Waals surface area contributed by atoms with E-state index in [2.05, 4.69) is 0 Å². The van der Waals surface area contributed by atoms with Gasteiger partial charge in [0.05, 0.1) is 0 Å². The Labute approximate surface area is 31.6 Å². The SMILES string of the molecule is [CH]CSC. The molecule has 0 spiro atoms. The molecule has 0 unspecified atom stereocenters. The van der Waals surface area contributed by atoms with Gasteiger partial charge < -0.3 is 0 Å². The molecule has 0 aromatic rings. The van der Waals surface area contributed by atoms with E-state index in [4.69, 9.17) is 6.92 Å². The molecule has 0 amide bonds. The Morgan fingerprint density at radius 3 is 2.25 bits per heavy atom. The predicted molar refractivity (Wildman–Crippen MR) is 22.7 cm³/mol. The molecule has 0 fully saturated rings. The first-order valence-electron chi connectivity index (χ1n) is 1.11. The fourth-order valence-electron chi connectivity index (χ4n) is 0. The molecular weight excluding hydrogens is 68.1 g/mol. The topological polar surface area (TPSA) is 0 Å². The second-order valence-electron chi connectivity index (χ2n) is 0.455. The van der Waals surface area contributed by atoms with Crippen molar-refractivity contribution in [2.24, 2.45) is 0 Å². The van der Waals surface area contributed by atoms with Crippen LogP contribution >= 0.6 is 11.8 Å². The molecule has 4 heavy (non-hydrogen) atoms. The van der Waals surface area contributed by atoms with E-state index in [0.29, 0.717) is 0 Å². The van der Waals surface area contributed by atoms with Crippen LogP contribution in [-0.4, -0.2) is 12.0 Å². The molecule has 0 aliphatic rings. The normalized spacial score (nSPS) is 7.50. The lowest BCUT2D eigenvalue weighted by molar-refractivity contribution is 1.83. The smallest absolute Gasteiger partial charge is 0.00358 e. The van der Waals surface area contributed by atoms with E-state index in [1.54, 1.807) is 11.8 Å². The lowest BCUT2D eigenvalue weighted by atomic mass is 11.0. The Kier molecular flexibility index (Phi) is 3.64. The summed E-state index contributed by atoms with van der Waals surface area (Å²) in [5, 5.41) is 0. The molecule has 2 radical (unpaired) electrons. The monoisotopic (exact) mass is 74.0 g/mol. The number of rotatable bonds is 1. The molecule has 0 aromatic heterocycles. The van der Waals surface area contributed by atoms with Crippen molar-refractivity contribution in [3.8, 4) is 0 Å². The lowest BCUT2D eigenvalue weighted by Gasteiger charge is -1.69. The van der Waals surface area contributed by atoms with Crippen molar-refractivity contribution in [2.75, 3.05) is 12.0 Å². The van der Waals surface area contributed by atoms with Crippen LogP contribution in [0.25, 0.3) is 0 Å². The molecule has 0 nitrogen and oxygen atoms in total. The number of hydrogen-bond acceptors (Lipinski definition) is 1. The zero-order chi connectivity index (χ0) is 3.41. The van der Waals surface area contributed by atoms with Gasteiger partial charge in [0.1, 0.15) is 0 Å². The van der Waals surface area contributed by atoms with Gasteiger partial charge in [0, 0.05) is 0 Å². The summed E-state index contributed by atoms with van der Waals surface area (Å²) in [6.07, 6.45) is 1.97. The molecule has 0 N–H and O–H groups in total. The van der Waals surface area contributed by atoms with Gasteiger partial charge in [0.15, 0.2) is 0 Å². The van der Waals surface area contributed by atoms with Crippen molar-refractivity contribution >= 4 is 11.8 Å². The molecule has 0 rings (SSSR count). The van der Waals surface area contributed by atoms with E-state index in [-0.39, 0.29) is 0 Å². The summed E-state index contributed by atoms with van der Waals surface area (Å²) in [7, 11) is 0. The highest BCUT2D eigenvalue weighted by Gasteiger charge is 1.55. The molecule has 0 atom stereocenters. The van der Waals surface area contributed by atoms with Gasteiger partial charge in [-0.1, -0.05) is 0 Å². The summed E-state index contributed by atoms with van der Waals surface area (Å²) in [5.74, 6) is 0.736. The molecule has 0 saturated heterocycles. The minimum atomic E-state index is 0.736. The molecular formula is C3H6S. The number of thioether (sulfide) groups is 1. The largest absolute Gasteiger partial charge is 0.165 e. The van der Waals surface area contributed by atoms with Crippen LogP contribution in [0.15, 0.2) is 0 Å². The van der Waals surface area contributed by atoms with Crippen LogP contribution < -0.4 is 0 Å². The first-order chi connectivity index (χ1) is 1.91. The quantitative estimate of drug-likeness (QED) is 0.448. The van der Waals surface area contributed by atoms with Crippen LogP contribution in [0.1, 0.15) is 0 Å². The Morgan fingerprint density at radius 1 is 2.00 bits per heavy atom. The van der Waals surface area contributed by atoms with Crippen molar-refractivity contribution in [2.45, 2.75) is 0 Å². The van der Waals surface area contributed by atoms with Gasteiger partial charge in [-0.2, -0.15) is 11.8 Å². The fraction of sp³-hybridized carbons (Fsp3) is 0.667. The highest BCUT2D eigenvalue weighted by Crippen LogP contribution is 1.83. The zero-order valence-corrected chi connectivity index (χ0v) is 3.51. The second kappa shape index (κ2) is 3.35. The summed E-state index contributed by atoms with van der Waals surface area (Å²) in [5.41, 5.74) is 0. The van der Waals surface area contributed by atoms with Gasteiger partial charge in [-0.25, -0.2) is 0 Å². The van der Waals surface area contributed by atoms with Gasteiger partial charge in [-0.3, -0.25) is 0 Å². The third-order valence-corrected chi connectivity index (χ3v) is 0.500. The average molecular weight is 74.1 g/mol. The molecule has 0 aromatic carbocycles. The van der Waals surface area contributed by atoms with Crippen molar-refractivity contribution in [1.29, 1.82) is 0 Å². The molecule has 0 heterocycles. The number of hydrogen-bond donors (Lipinski definition) is 0. The Hall–Kier alpha value is 0.350. The average Bonchev–Trinajstić information content (AvgIpc) is 1.37. The van der Waals surface area contributed by atoms with E-state index in [9.17, 15) is 0 Å². The lowest BCUT2D eigenvalue weighted by Crippen LogP contribution is -1.53. The fourth-order valence-corrected chi connectivity index (χ4v) is 0. The van der Waals surface area contributed by atoms with Gasteiger partial charge in [-0.15, -0.1) is 0 Å². The molecule has 1 heteroatoms. The molecule has 0 aliphatic heterocycles. The second-order valence-corrected chi connectivity index (χ2v) is 1.37. The maximum atomic E-state index is 4.99. The van der Waals surface area contributed by atoms with Crippen molar-refractivity contribution in [1.82, 2.24) is 0 Å². The first-order valence-corrected chi connectivity index (χ1v) is 2.50. The summed E-state index contributed by atoms with van der Waals surface area (Å²) < 4.78 is 0. The van der Waals surface area contributed by atoms with Gasteiger partial charge in [-0.05, 0) is 18.9 Å². The third-order valence-electron chi connectivity index (χ3n) is 0.167. The van der Waals surface area contributed by atoms with E-state index >= 15 is 0 Å². The highest BCUT2D eigenvalue weighted by atomic mass is 32.2. The minimum Gasteiger partial charge on any atom is -0.165 e. The Balaban J connectivity index is 1.97. The van der Waals surface area contributed by atoms with E-state index in [1.165, 1.54) is 0 Å². The summed E-state index contributed by atoms with van der Waals surface area (Å²) in [6.45, 7) is 4.99. The first kappa shape index (κ1) is 4.35. The van der Waals surface area contributed by atoms with Crippen LogP contribution in [0.3, 0.4) is 0 Å². The standard InChI is InChI=1S/C3H6S/c1-3-4-2/h1H,3H2,2H3. The third kappa shape index (κ3) is 2.35. The molecule has 0 aliphatic carbocycles. The maximum Gasteiger partial charge on any atom is -0.00358 e. The minimum absolute atomic E-state index is 0.736. The van der Waals surface area contributed by atoms with Crippen LogP contribution in [0.4, 0.5) is 0 Å². The van der Waals surface area contributed by atoms with E-state index < -0.39 is 0 Å². The van der Waals surface area contributed by atoms with E-state index in [1.807, 2.05) is 6.26 Å². The van der Waals surface area contributed by atoms with Crippen LogP contribution in [-0.2, 0) is 0 Å². The van der Waals surface area contributed by atoms with Gasteiger partial charge in [0.25, 0.3) is 0 Å². The highest BCUT2D eigenvalue weighted by molar-refractivity contribution is 7.98. The van der Waals surface area contributed by atoms with Gasteiger partial charge >= 0.3 is 0 Å². The summed E-state index contributed by atoms with van der Waals surface area (Å²) in [6, 6.07) is 0. The molecule has 24 valence electrons. The summed E-state index contributed by atoms with van der Waals surface area (Å²) >= 11 is 1.63. The van der Waals surface area contributed by atoms with Crippen molar-refractivity contribution in [3.05, 3.63) is 6.92 Å². The maximum absolute atomic E-state index is 4.99. The van der Waals surface area contributed by atoms with E-state index in [0.717, 1.165) is 5.75 Å². The van der Waals surface area contributed by atoms with Crippen LogP contribution in [0.2, 0.25) is 0 Å². The van der Waals surface area contributed by atoms with Crippen molar-refractivity contribution < 1.29 is 0 Å². The summed E-state index contributed by atoms with van der Waals surface area (Å²) in [4.78, 5) is 0. The molecule has 0 saturated carbocycles. The Bertz CT molecular complexity index is 5.25. The van der Waals surface area contributed by atoms with Crippen LogP contribution in [0, 0.1) is 6.92 Å². The van der Waals surface area contributed by atoms with Gasteiger partial charge in [0.2, 0.25) is 0 Å². The Morgan fingerprint density at radius 2 is 2.25 bits per heavy atom. The predicted octanol–water partition coefficient (Wildman–Crippen LogP) is 1.06. The molecule has 0 bridgehead atoms. The zero-order valence-electron chi connectivity index (χ0n) is 2.69. The van der Waals surface area contributed by atoms with Crippen LogP contribution in [0.5, 0.6) is 0 Å². The van der Waals surface area contributed by atoms with Crippen molar-refractivity contribution in [3.63, 3.8) is 0 Å².